The van der Waals surface area contributed by atoms with Crippen LogP contribution in [-0.4, -0.2) is 17.3 Å². The highest BCUT2D eigenvalue weighted by molar-refractivity contribution is 5.32. The highest BCUT2D eigenvalue weighted by Crippen LogP contribution is 2.22. The lowest BCUT2D eigenvalue weighted by Gasteiger charge is -2.08. The van der Waals surface area contributed by atoms with Gasteiger partial charge in [-0.1, -0.05) is 31.1 Å². The van der Waals surface area contributed by atoms with Crippen molar-refractivity contribution in [1.29, 1.82) is 0 Å². The number of ether oxygens (including phenoxy) is 1. The summed E-state index contributed by atoms with van der Waals surface area (Å²) in [6, 6.07) is 7.13. The number of rotatable bonds is 4. The molecule has 2 rings (SSSR count). The Morgan fingerprint density at radius 1 is 1.33 bits per heavy atom. The molecule has 5 heteroatoms. The van der Waals surface area contributed by atoms with E-state index in [4.69, 9.17) is 15.0 Å². The van der Waals surface area contributed by atoms with Crippen LogP contribution in [0.3, 0.4) is 0 Å². The molecule has 2 aromatic rings. The van der Waals surface area contributed by atoms with E-state index in [-0.39, 0.29) is 5.92 Å². The van der Waals surface area contributed by atoms with Gasteiger partial charge in [0.1, 0.15) is 5.75 Å². The number of methoxy groups -OCH3 is 1. The molecule has 1 aromatic carbocycles. The normalized spacial score (nSPS) is 12.7. The first-order valence-corrected chi connectivity index (χ1v) is 5.85. The summed E-state index contributed by atoms with van der Waals surface area (Å²) < 4.78 is 10.3. The molecule has 0 radical (unpaired) electrons. The van der Waals surface area contributed by atoms with Crippen molar-refractivity contribution in [2.24, 2.45) is 5.73 Å². The van der Waals surface area contributed by atoms with E-state index in [0.29, 0.717) is 11.7 Å². The second kappa shape index (κ2) is 5.18. The molecule has 0 spiro atoms. The molecule has 0 fully saturated rings. The minimum Gasteiger partial charge on any atom is -0.497 e. The van der Waals surface area contributed by atoms with E-state index in [1.807, 2.05) is 38.1 Å². The summed E-state index contributed by atoms with van der Waals surface area (Å²) in [5.74, 6) is 2.05. The molecule has 18 heavy (non-hydrogen) atoms. The van der Waals surface area contributed by atoms with E-state index in [2.05, 4.69) is 10.1 Å². The number of hydrogen-bond acceptors (Lipinski definition) is 5. The molecular weight excluding hydrogens is 230 g/mol. The largest absolute Gasteiger partial charge is 0.497 e. The van der Waals surface area contributed by atoms with Crippen LogP contribution in [0.15, 0.2) is 28.8 Å². The lowest BCUT2D eigenvalue weighted by atomic mass is 10.1. The van der Waals surface area contributed by atoms with Gasteiger partial charge in [0, 0.05) is 5.92 Å². The third kappa shape index (κ3) is 2.51. The van der Waals surface area contributed by atoms with E-state index in [1.54, 1.807) is 7.11 Å². The van der Waals surface area contributed by atoms with Gasteiger partial charge in [-0.05, 0) is 17.7 Å². The zero-order valence-corrected chi connectivity index (χ0v) is 10.8. The Balaban J connectivity index is 2.26. The fraction of sp³-hybridized carbons (Fsp3) is 0.385. The van der Waals surface area contributed by atoms with Crippen LogP contribution in [0.4, 0.5) is 0 Å². The first-order valence-electron chi connectivity index (χ1n) is 5.85. The molecule has 0 aliphatic heterocycles. The molecule has 2 N–H and O–H groups in total. The zero-order chi connectivity index (χ0) is 13.1. The zero-order valence-electron chi connectivity index (χ0n) is 10.8. The smallest absolute Gasteiger partial charge is 0.229 e. The van der Waals surface area contributed by atoms with Crippen molar-refractivity contribution in [2.75, 3.05) is 7.11 Å². The third-order valence-corrected chi connectivity index (χ3v) is 2.68. The molecule has 1 heterocycles. The van der Waals surface area contributed by atoms with E-state index >= 15 is 0 Å². The van der Waals surface area contributed by atoms with Gasteiger partial charge in [0.25, 0.3) is 0 Å². The van der Waals surface area contributed by atoms with Crippen molar-refractivity contribution >= 4 is 0 Å². The van der Waals surface area contributed by atoms with Gasteiger partial charge in [0.2, 0.25) is 5.89 Å². The maximum Gasteiger partial charge on any atom is 0.229 e. The molecule has 0 bridgehead atoms. The van der Waals surface area contributed by atoms with Gasteiger partial charge in [-0.15, -0.1) is 0 Å². The molecule has 1 aromatic heterocycles. The van der Waals surface area contributed by atoms with Crippen LogP contribution in [0.5, 0.6) is 5.75 Å². The molecule has 0 aliphatic carbocycles. The van der Waals surface area contributed by atoms with Crippen LogP contribution >= 0.6 is 0 Å². The number of aromatic nitrogens is 2. The maximum atomic E-state index is 6.11. The van der Waals surface area contributed by atoms with E-state index in [0.717, 1.165) is 11.3 Å². The average molecular weight is 247 g/mol. The minimum atomic E-state index is -0.406. The van der Waals surface area contributed by atoms with E-state index in [1.165, 1.54) is 0 Å². The Morgan fingerprint density at radius 2 is 2.11 bits per heavy atom. The van der Waals surface area contributed by atoms with Crippen LogP contribution in [0.1, 0.15) is 43.1 Å². The molecular formula is C13H17N3O2. The average Bonchev–Trinajstić information content (AvgIpc) is 2.87. The van der Waals surface area contributed by atoms with Gasteiger partial charge in [-0.3, -0.25) is 0 Å². The molecule has 1 atom stereocenters. The lowest BCUT2D eigenvalue weighted by molar-refractivity contribution is 0.359. The topological polar surface area (TPSA) is 74.2 Å². The molecule has 0 saturated carbocycles. The highest BCUT2D eigenvalue weighted by atomic mass is 16.5. The summed E-state index contributed by atoms with van der Waals surface area (Å²) >= 11 is 0. The predicted molar refractivity (Wildman–Crippen MR) is 67.4 cm³/mol. The van der Waals surface area contributed by atoms with Gasteiger partial charge in [-0.2, -0.15) is 4.98 Å². The Labute approximate surface area is 106 Å². The Kier molecular flexibility index (Phi) is 3.62. The van der Waals surface area contributed by atoms with Gasteiger partial charge in [-0.25, -0.2) is 0 Å². The Hall–Kier alpha value is -1.88. The fourth-order valence-electron chi connectivity index (χ4n) is 1.59. The lowest BCUT2D eigenvalue weighted by Crippen LogP contribution is -2.13. The Morgan fingerprint density at radius 3 is 2.72 bits per heavy atom. The Bertz CT molecular complexity index is 522. The number of benzene rings is 1. The van der Waals surface area contributed by atoms with Crippen molar-refractivity contribution in [3.63, 3.8) is 0 Å². The summed E-state index contributed by atoms with van der Waals surface area (Å²) in [4.78, 5) is 4.30. The van der Waals surface area contributed by atoms with Crippen LogP contribution < -0.4 is 10.5 Å². The first-order chi connectivity index (χ1) is 8.61. The van der Waals surface area contributed by atoms with Crippen LogP contribution in [-0.2, 0) is 0 Å². The number of nitrogens with zero attached hydrogens (tertiary/aromatic N) is 2. The SMILES string of the molecule is COc1cccc(C(N)c2noc(C(C)C)n2)c1. The van der Waals surface area contributed by atoms with Crippen molar-refractivity contribution in [3.8, 4) is 5.75 Å². The van der Waals surface area contributed by atoms with E-state index in [9.17, 15) is 0 Å². The van der Waals surface area contributed by atoms with Gasteiger partial charge in [0.15, 0.2) is 5.82 Å². The van der Waals surface area contributed by atoms with Crippen molar-refractivity contribution in [3.05, 3.63) is 41.5 Å². The molecule has 0 aliphatic rings. The van der Waals surface area contributed by atoms with Crippen molar-refractivity contribution in [2.45, 2.75) is 25.8 Å². The summed E-state index contributed by atoms with van der Waals surface area (Å²) in [7, 11) is 1.62. The summed E-state index contributed by atoms with van der Waals surface area (Å²) in [5.41, 5.74) is 7.01. The van der Waals surface area contributed by atoms with Gasteiger partial charge >= 0.3 is 0 Å². The van der Waals surface area contributed by atoms with E-state index < -0.39 is 6.04 Å². The monoisotopic (exact) mass is 247 g/mol. The van der Waals surface area contributed by atoms with Crippen molar-refractivity contribution < 1.29 is 9.26 Å². The van der Waals surface area contributed by atoms with Gasteiger partial charge < -0.3 is 15.0 Å². The predicted octanol–water partition coefficient (Wildman–Crippen LogP) is 2.25. The third-order valence-electron chi connectivity index (χ3n) is 2.68. The first kappa shape index (κ1) is 12.6. The second-order valence-electron chi connectivity index (χ2n) is 4.40. The summed E-state index contributed by atoms with van der Waals surface area (Å²) in [5, 5.41) is 3.92. The van der Waals surface area contributed by atoms with Crippen LogP contribution in [0.25, 0.3) is 0 Å². The summed E-state index contributed by atoms with van der Waals surface area (Å²) in [6.45, 7) is 3.99. The molecule has 0 saturated heterocycles. The standard InChI is InChI=1S/C13H17N3O2/c1-8(2)13-15-12(16-18-13)11(14)9-5-4-6-10(7-9)17-3/h4-8,11H,14H2,1-3H3. The number of nitrogens with two attached hydrogens (primary N) is 1. The van der Waals surface area contributed by atoms with Crippen LogP contribution in [0, 0.1) is 0 Å². The fourth-order valence-corrected chi connectivity index (χ4v) is 1.59. The van der Waals surface area contributed by atoms with Crippen molar-refractivity contribution in [1.82, 2.24) is 10.1 Å². The van der Waals surface area contributed by atoms with Gasteiger partial charge in [0.05, 0.1) is 13.2 Å². The highest BCUT2D eigenvalue weighted by Gasteiger charge is 2.17. The number of hydrogen-bond donors (Lipinski definition) is 1. The van der Waals surface area contributed by atoms with Crippen LogP contribution in [0.2, 0.25) is 0 Å². The molecule has 96 valence electrons. The molecule has 0 amide bonds. The quantitative estimate of drug-likeness (QED) is 0.896. The minimum absolute atomic E-state index is 0.198. The molecule has 1 unspecified atom stereocenters. The second-order valence-corrected chi connectivity index (χ2v) is 4.40. The molecule has 5 nitrogen and oxygen atoms in total. The maximum absolute atomic E-state index is 6.11. The summed E-state index contributed by atoms with van der Waals surface area (Å²) in [6.07, 6.45) is 0.